The lowest BCUT2D eigenvalue weighted by atomic mass is 10.1. The third-order valence-corrected chi connectivity index (χ3v) is 2.90. The molecule has 3 heteroatoms. The summed E-state index contributed by atoms with van der Waals surface area (Å²) in [6, 6.07) is 7.58. The average Bonchev–Trinajstić information content (AvgIpc) is 2.26. The van der Waals surface area contributed by atoms with Gasteiger partial charge in [0.15, 0.2) is 0 Å². The molecule has 0 aliphatic rings. The Kier molecular flexibility index (Phi) is 5.39. The number of para-hydroxylation sites is 1. The average molecular weight is 238 g/mol. The molecule has 1 aromatic rings. The highest BCUT2D eigenvalue weighted by Gasteiger charge is 2.12. The van der Waals surface area contributed by atoms with Crippen LogP contribution in [0.5, 0.6) is 5.75 Å². The van der Waals surface area contributed by atoms with Crippen LogP contribution in [-0.4, -0.2) is 5.97 Å². The Labute approximate surface area is 102 Å². The second kappa shape index (κ2) is 6.59. The molecule has 0 spiro atoms. The number of hydrogen-bond acceptors (Lipinski definition) is 3. The molecule has 0 radical (unpaired) electrons. The van der Waals surface area contributed by atoms with Crippen LogP contribution in [0.1, 0.15) is 43.9 Å². The fourth-order valence-corrected chi connectivity index (χ4v) is 1.95. The Balaban J connectivity index is 2.80. The fraction of sp³-hybridized carbons (Fsp3) is 0.462. The lowest BCUT2D eigenvalue weighted by Crippen LogP contribution is -2.05. The van der Waals surface area contributed by atoms with Crippen LogP contribution in [0.25, 0.3) is 0 Å². The first-order valence-electron chi connectivity index (χ1n) is 5.60. The van der Waals surface area contributed by atoms with Gasteiger partial charge in [-0.2, -0.15) is 12.6 Å². The van der Waals surface area contributed by atoms with Crippen molar-refractivity contribution in [3.63, 3.8) is 0 Å². The number of rotatable bonds is 5. The monoisotopic (exact) mass is 238 g/mol. The standard InChI is InChI=1S/C13H18O2S/c1-3-4-9-13(16)11-7-5-6-8-12(11)15-10(2)14/h5-8,13,16H,3-4,9H2,1-2H3. The Morgan fingerprint density at radius 3 is 2.75 bits per heavy atom. The first-order valence-corrected chi connectivity index (χ1v) is 6.12. The molecule has 1 atom stereocenters. The second-order valence-electron chi connectivity index (χ2n) is 3.79. The van der Waals surface area contributed by atoms with Gasteiger partial charge in [-0.1, -0.05) is 38.0 Å². The minimum atomic E-state index is -0.288. The van der Waals surface area contributed by atoms with Crippen LogP contribution < -0.4 is 4.74 Å². The first kappa shape index (κ1) is 13.1. The number of thiol groups is 1. The van der Waals surface area contributed by atoms with Gasteiger partial charge >= 0.3 is 5.97 Å². The van der Waals surface area contributed by atoms with E-state index in [2.05, 4.69) is 19.6 Å². The molecule has 16 heavy (non-hydrogen) atoms. The predicted octanol–water partition coefficient (Wildman–Crippen LogP) is 3.77. The normalized spacial score (nSPS) is 12.2. The number of esters is 1. The molecule has 1 aromatic carbocycles. The third kappa shape index (κ3) is 3.89. The number of carbonyl (C=O) groups excluding carboxylic acids is 1. The number of carbonyl (C=O) groups is 1. The highest BCUT2D eigenvalue weighted by molar-refractivity contribution is 7.80. The molecular formula is C13H18O2S. The van der Waals surface area contributed by atoms with Gasteiger partial charge in [0.1, 0.15) is 5.75 Å². The summed E-state index contributed by atoms with van der Waals surface area (Å²) >= 11 is 4.55. The van der Waals surface area contributed by atoms with Crippen molar-refractivity contribution in [3.05, 3.63) is 29.8 Å². The van der Waals surface area contributed by atoms with Crippen molar-refractivity contribution < 1.29 is 9.53 Å². The largest absolute Gasteiger partial charge is 0.426 e. The maximum absolute atomic E-state index is 11.0. The Hall–Kier alpha value is -0.960. The highest BCUT2D eigenvalue weighted by Crippen LogP contribution is 2.32. The van der Waals surface area contributed by atoms with Crippen LogP contribution in [0.3, 0.4) is 0 Å². The Bertz CT molecular complexity index is 350. The summed E-state index contributed by atoms with van der Waals surface area (Å²) in [5.74, 6) is 0.342. The van der Waals surface area contributed by atoms with Gasteiger partial charge in [-0.05, 0) is 12.5 Å². The first-order chi connectivity index (χ1) is 7.65. The van der Waals surface area contributed by atoms with Crippen LogP contribution in [-0.2, 0) is 4.79 Å². The Morgan fingerprint density at radius 1 is 1.44 bits per heavy atom. The second-order valence-corrected chi connectivity index (χ2v) is 4.41. The molecule has 0 amide bonds. The van der Waals surface area contributed by atoms with Gasteiger partial charge in [0.05, 0.1) is 0 Å². The van der Waals surface area contributed by atoms with Gasteiger partial charge in [-0.15, -0.1) is 0 Å². The van der Waals surface area contributed by atoms with Crippen molar-refractivity contribution in [2.24, 2.45) is 0 Å². The number of benzene rings is 1. The predicted molar refractivity (Wildman–Crippen MR) is 69.0 cm³/mol. The van der Waals surface area contributed by atoms with Crippen molar-refractivity contribution in [2.75, 3.05) is 0 Å². The molecule has 0 saturated carbocycles. The Morgan fingerprint density at radius 2 is 2.12 bits per heavy atom. The minimum absolute atomic E-state index is 0.135. The number of ether oxygens (including phenoxy) is 1. The molecule has 1 rings (SSSR count). The molecule has 0 aromatic heterocycles. The van der Waals surface area contributed by atoms with Crippen LogP contribution >= 0.6 is 12.6 Å². The van der Waals surface area contributed by atoms with Gasteiger partial charge in [0, 0.05) is 17.7 Å². The summed E-state index contributed by atoms with van der Waals surface area (Å²) in [6.07, 6.45) is 3.27. The molecule has 0 saturated heterocycles. The summed E-state index contributed by atoms with van der Waals surface area (Å²) in [5, 5.41) is 0.135. The molecule has 0 fully saturated rings. The van der Waals surface area contributed by atoms with E-state index < -0.39 is 0 Å². The van der Waals surface area contributed by atoms with E-state index in [1.807, 2.05) is 24.3 Å². The topological polar surface area (TPSA) is 26.3 Å². The third-order valence-electron chi connectivity index (χ3n) is 2.36. The van der Waals surface area contributed by atoms with Crippen LogP contribution in [0.4, 0.5) is 0 Å². The zero-order valence-electron chi connectivity index (χ0n) is 9.77. The summed E-state index contributed by atoms with van der Waals surface area (Å²) in [7, 11) is 0. The molecule has 0 aliphatic heterocycles. The van der Waals surface area contributed by atoms with Gasteiger partial charge in [-0.3, -0.25) is 4.79 Å². The van der Waals surface area contributed by atoms with E-state index in [9.17, 15) is 4.79 Å². The summed E-state index contributed by atoms with van der Waals surface area (Å²) in [5.41, 5.74) is 0.995. The van der Waals surface area contributed by atoms with E-state index >= 15 is 0 Å². The summed E-state index contributed by atoms with van der Waals surface area (Å²) in [6.45, 7) is 3.56. The molecule has 0 N–H and O–H groups in total. The van der Waals surface area contributed by atoms with Crippen LogP contribution in [0, 0.1) is 0 Å². The smallest absolute Gasteiger partial charge is 0.308 e. The van der Waals surface area contributed by atoms with Gasteiger partial charge < -0.3 is 4.74 Å². The van der Waals surface area contributed by atoms with Gasteiger partial charge in [-0.25, -0.2) is 0 Å². The minimum Gasteiger partial charge on any atom is -0.426 e. The zero-order chi connectivity index (χ0) is 12.0. The van der Waals surface area contributed by atoms with E-state index in [0.717, 1.165) is 24.8 Å². The molecular weight excluding hydrogens is 220 g/mol. The fourth-order valence-electron chi connectivity index (χ4n) is 1.56. The van der Waals surface area contributed by atoms with Crippen molar-refractivity contribution in [3.8, 4) is 5.75 Å². The maximum atomic E-state index is 11.0. The highest BCUT2D eigenvalue weighted by atomic mass is 32.1. The lowest BCUT2D eigenvalue weighted by Gasteiger charge is -2.14. The summed E-state index contributed by atoms with van der Waals surface area (Å²) in [4.78, 5) is 11.0. The van der Waals surface area contributed by atoms with Crippen molar-refractivity contribution in [1.29, 1.82) is 0 Å². The van der Waals surface area contributed by atoms with E-state index in [4.69, 9.17) is 4.74 Å². The SMILES string of the molecule is CCCCC(S)c1ccccc1OC(C)=O. The summed E-state index contributed by atoms with van der Waals surface area (Å²) < 4.78 is 5.16. The van der Waals surface area contributed by atoms with Crippen molar-refractivity contribution in [1.82, 2.24) is 0 Å². The molecule has 0 bridgehead atoms. The lowest BCUT2D eigenvalue weighted by molar-refractivity contribution is -0.131. The van der Waals surface area contributed by atoms with Crippen LogP contribution in [0.2, 0.25) is 0 Å². The molecule has 88 valence electrons. The molecule has 2 nitrogen and oxygen atoms in total. The van der Waals surface area contributed by atoms with Crippen molar-refractivity contribution in [2.45, 2.75) is 38.4 Å². The maximum Gasteiger partial charge on any atom is 0.308 e. The molecule has 1 unspecified atom stereocenters. The van der Waals surface area contributed by atoms with E-state index in [-0.39, 0.29) is 11.2 Å². The number of hydrogen-bond donors (Lipinski definition) is 1. The molecule has 0 aliphatic carbocycles. The zero-order valence-corrected chi connectivity index (χ0v) is 10.7. The van der Waals surface area contributed by atoms with E-state index in [0.29, 0.717) is 5.75 Å². The van der Waals surface area contributed by atoms with Crippen LogP contribution in [0.15, 0.2) is 24.3 Å². The van der Waals surface area contributed by atoms with Gasteiger partial charge in [0.25, 0.3) is 0 Å². The van der Waals surface area contributed by atoms with Crippen molar-refractivity contribution >= 4 is 18.6 Å². The molecule has 0 heterocycles. The number of unbranched alkanes of at least 4 members (excludes halogenated alkanes) is 1. The quantitative estimate of drug-likeness (QED) is 0.480. The van der Waals surface area contributed by atoms with E-state index in [1.165, 1.54) is 6.92 Å². The van der Waals surface area contributed by atoms with E-state index in [1.54, 1.807) is 0 Å². The van der Waals surface area contributed by atoms with Gasteiger partial charge in [0.2, 0.25) is 0 Å².